The first-order valence-electron chi connectivity index (χ1n) is 8.52. The van der Waals surface area contributed by atoms with Gasteiger partial charge in [0.15, 0.2) is 16.4 Å². The molecule has 1 aliphatic rings. The minimum atomic E-state index is -3.38. The number of ether oxygens (including phenoxy) is 1. The number of nitrogens with zero attached hydrogens (tertiary/aromatic N) is 1. The Kier molecular flexibility index (Phi) is 5.51. The standard InChI is InChI=1S/C20H19NO6S/c1-14-6-5-9-17(19(14)23)20(24)27-12-18(22)21(15-7-3-2-4-8-15)16-10-11-28(25,26)13-16/h2-11,16,23H,12-13H2,1H3/t16-/m0/s1. The monoisotopic (exact) mass is 401 g/mol. The maximum absolute atomic E-state index is 12.8. The number of anilines is 1. The van der Waals surface area contributed by atoms with Gasteiger partial charge < -0.3 is 14.7 Å². The van der Waals surface area contributed by atoms with Crippen LogP contribution in [-0.4, -0.2) is 43.8 Å². The fraction of sp³-hybridized carbons (Fsp3) is 0.200. The summed E-state index contributed by atoms with van der Waals surface area (Å²) in [6.07, 6.45) is 1.44. The lowest BCUT2D eigenvalue weighted by Gasteiger charge is -2.27. The lowest BCUT2D eigenvalue weighted by Crippen LogP contribution is -2.43. The lowest BCUT2D eigenvalue weighted by atomic mass is 10.1. The molecule has 1 N–H and O–H groups in total. The number of hydrogen-bond donors (Lipinski definition) is 1. The SMILES string of the molecule is Cc1cccc(C(=O)OCC(=O)N(c2ccccc2)[C@H]2C=CS(=O)(=O)C2)c1O. The van der Waals surface area contributed by atoms with Crippen LogP contribution in [0.3, 0.4) is 0 Å². The van der Waals surface area contributed by atoms with Gasteiger partial charge in [-0.2, -0.15) is 0 Å². The van der Waals surface area contributed by atoms with E-state index in [9.17, 15) is 23.1 Å². The molecule has 0 spiro atoms. The highest BCUT2D eigenvalue weighted by atomic mass is 32.2. The molecule has 0 aliphatic carbocycles. The van der Waals surface area contributed by atoms with Crippen molar-refractivity contribution in [1.29, 1.82) is 0 Å². The molecule has 146 valence electrons. The van der Waals surface area contributed by atoms with Crippen molar-refractivity contribution in [2.75, 3.05) is 17.3 Å². The highest BCUT2D eigenvalue weighted by Gasteiger charge is 2.32. The number of sulfone groups is 1. The molecule has 0 unspecified atom stereocenters. The van der Waals surface area contributed by atoms with E-state index in [0.29, 0.717) is 11.3 Å². The number of benzene rings is 2. The fourth-order valence-electron chi connectivity index (χ4n) is 2.93. The van der Waals surface area contributed by atoms with Gasteiger partial charge in [0, 0.05) is 11.1 Å². The zero-order valence-corrected chi connectivity index (χ0v) is 15.9. The van der Waals surface area contributed by atoms with E-state index in [1.807, 2.05) is 0 Å². The normalized spacial score (nSPS) is 17.2. The van der Waals surface area contributed by atoms with E-state index in [4.69, 9.17) is 4.74 Å². The summed E-state index contributed by atoms with van der Waals surface area (Å²) in [5.41, 5.74) is 0.962. The predicted octanol–water partition coefficient (Wildman–Crippen LogP) is 2.20. The minimum Gasteiger partial charge on any atom is -0.507 e. The van der Waals surface area contributed by atoms with Crippen LogP contribution in [-0.2, 0) is 19.4 Å². The van der Waals surface area contributed by atoms with Gasteiger partial charge in [-0.1, -0.05) is 30.3 Å². The van der Waals surface area contributed by atoms with Gasteiger partial charge in [-0.3, -0.25) is 4.79 Å². The Hall–Kier alpha value is -3.13. The van der Waals surface area contributed by atoms with Gasteiger partial charge in [0.1, 0.15) is 11.3 Å². The quantitative estimate of drug-likeness (QED) is 0.771. The van der Waals surface area contributed by atoms with E-state index in [-0.39, 0.29) is 17.1 Å². The van der Waals surface area contributed by atoms with Crippen LogP contribution in [0, 0.1) is 6.92 Å². The Labute approximate surface area is 162 Å². The Morgan fingerprint density at radius 1 is 1.14 bits per heavy atom. The molecule has 28 heavy (non-hydrogen) atoms. The van der Waals surface area contributed by atoms with Crippen LogP contribution >= 0.6 is 0 Å². The summed E-state index contributed by atoms with van der Waals surface area (Å²) in [5.74, 6) is -1.85. The number of amides is 1. The second-order valence-corrected chi connectivity index (χ2v) is 8.30. The summed E-state index contributed by atoms with van der Waals surface area (Å²) in [6, 6.07) is 12.5. The van der Waals surface area contributed by atoms with Gasteiger partial charge in [0.05, 0.1) is 11.8 Å². The van der Waals surface area contributed by atoms with E-state index in [1.165, 1.54) is 17.0 Å². The zero-order valence-electron chi connectivity index (χ0n) is 15.1. The number of para-hydroxylation sites is 2. The summed E-state index contributed by atoms with van der Waals surface area (Å²) in [7, 11) is -3.38. The Morgan fingerprint density at radius 2 is 1.86 bits per heavy atom. The van der Waals surface area contributed by atoms with Crippen molar-refractivity contribution in [2.24, 2.45) is 0 Å². The first-order valence-corrected chi connectivity index (χ1v) is 10.2. The molecule has 2 aromatic carbocycles. The second-order valence-electron chi connectivity index (χ2n) is 6.37. The van der Waals surface area contributed by atoms with Crippen molar-refractivity contribution < 1.29 is 27.9 Å². The molecule has 0 fully saturated rings. The van der Waals surface area contributed by atoms with E-state index >= 15 is 0 Å². The molecule has 0 aromatic heterocycles. The largest absolute Gasteiger partial charge is 0.507 e. The fourth-order valence-corrected chi connectivity index (χ4v) is 4.20. The number of carbonyl (C=O) groups excluding carboxylic acids is 2. The molecule has 1 aliphatic heterocycles. The third-order valence-corrected chi connectivity index (χ3v) is 5.71. The van der Waals surface area contributed by atoms with Gasteiger partial charge in [-0.15, -0.1) is 0 Å². The third kappa shape index (κ3) is 4.23. The number of rotatable bonds is 5. The molecule has 0 saturated carbocycles. The number of aromatic hydroxyl groups is 1. The number of esters is 1. The van der Waals surface area contributed by atoms with E-state index in [2.05, 4.69) is 0 Å². The maximum atomic E-state index is 12.8. The maximum Gasteiger partial charge on any atom is 0.342 e. The molecule has 3 rings (SSSR count). The molecule has 1 heterocycles. The molecule has 8 heteroatoms. The molecule has 2 aromatic rings. The lowest BCUT2D eigenvalue weighted by molar-refractivity contribution is -0.121. The van der Waals surface area contributed by atoms with Gasteiger partial charge in [0.25, 0.3) is 5.91 Å². The van der Waals surface area contributed by atoms with Gasteiger partial charge >= 0.3 is 5.97 Å². The number of phenolic OH excluding ortho intramolecular Hbond substituents is 1. The highest BCUT2D eigenvalue weighted by molar-refractivity contribution is 7.94. The zero-order chi connectivity index (χ0) is 20.3. The number of phenols is 1. The third-order valence-electron chi connectivity index (χ3n) is 4.33. The second kappa shape index (κ2) is 7.85. The van der Waals surface area contributed by atoms with Crippen molar-refractivity contribution in [3.63, 3.8) is 0 Å². The minimum absolute atomic E-state index is 0.0394. The highest BCUT2D eigenvalue weighted by Crippen LogP contribution is 2.24. The molecule has 1 atom stereocenters. The van der Waals surface area contributed by atoms with E-state index < -0.39 is 34.4 Å². The van der Waals surface area contributed by atoms with E-state index in [1.54, 1.807) is 49.4 Å². The first kappa shape index (κ1) is 19.6. The molecule has 0 radical (unpaired) electrons. The smallest absolute Gasteiger partial charge is 0.342 e. The van der Waals surface area contributed by atoms with Crippen molar-refractivity contribution in [3.8, 4) is 5.75 Å². The van der Waals surface area contributed by atoms with Crippen LogP contribution < -0.4 is 4.90 Å². The summed E-state index contributed by atoms with van der Waals surface area (Å²) in [6.45, 7) is 1.05. The number of hydrogen-bond acceptors (Lipinski definition) is 6. The van der Waals surface area contributed by atoms with E-state index in [0.717, 1.165) is 5.41 Å². The van der Waals surface area contributed by atoms with Crippen LogP contribution in [0.4, 0.5) is 5.69 Å². The van der Waals surface area contributed by atoms with Crippen LogP contribution in [0.5, 0.6) is 5.75 Å². The topological polar surface area (TPSA) is 101 Å². The van der Waals surface area contributed by atoms with Crippen LogP contribution in [0.1, 0.15) is 15.9 Å². The summed E-state index contributed by atoms with van der Waals surface area (Å²) in [5, 5.41) is 11.1. The molecule has 0 bridgehead atoms. The number of carbonyl (C=O) groups is 2. The molecule has 0 saturated heterocycles. The number of aryl methyl sites for hydroxylation is 1. The van der Waals surface area contributed by atoms with Gasteiger partial charge in [-0.25, -0.2) is 13.2 Å². The summed E-state index contributed by atoms with van der Waals surface area (Å²) >= 11 is 0. The Bertz CT molecular complexity index is 1030. The van der Waals surface area contributed by atoms with Crippen molar-refractivity contribution in [2.45, 2.75) is 13.0 Å². The van der Waals surface area contributed by atoms with Crippen LogP contribution in [0.2, 0.25) is 0 Å². The molecule has 1 amide bonds. The molecule has 7 nitrogen and oxygen atoms in total. The first-order chi connectivity index (χ1) is 13.3. The molecular weight excluding hydrogens is 382 g/mol. The average Bonchev–Trinajstić information content (AvgIpc) is 3.02. The van der Waals surface area contributed by atoms with Gasteiger partial charge in [-0.05, 0) is 36.8 Å². The Morgan fingerprint density at radius 3 is 2.50 bits per heavy atom. The van der Waals surface area contributed by atoms with Crippen molar-refractivity contribution in [3.05, 3.63) is 71.1 Å². The predicted molar refractivity (Wildman–Crippen MR) is 104 cm³/mol. The van der Waals surface area contributed by atoms with Crippen molar-refractivity contribution in [1.82, 2.24) is 0 Å². The summed E-state index contributed by atoms with van der Waals surface area (Å²) in [4.78, 5) is 26.3. The molecular formula is C20H19NO6S. The van der Waals surface area contributed by atoms with Crippen LogP contribution in [0.15, 0.2) is 60.0 Å². The van der Waals surface area contributed by atoms with Crippen molar-refractivity contribution >= 4 is 27.4 Å². The summed E-state index contributed by atoms with van der Waals surface area (Å²) < 4.78 is 28.6. The van der Waals surface area contributed by atoms with Gasteiger partial charge in [0.2, 0.25) is 0 Å². The Balaban J connectivity index is 1.78. The average molecular weight is 401 g/mol. The van der Waals surface area contributed by atoms with Crippen LogP contribution in [0.25, 0.3) is 0 Å².